The second-order valence-electron chi connectivity index (χ2n) is 8.59. The summed E-state index contributed by atoms with van der Waals surface area (Å²) in [6, 6.07) is 0. The largest absolute Gasteiger partial charge is 0.378 e. The molecule has 0 amide bonds. The molecule has 2 fully saturated rings. The molecule has 1 aliphatic carbocycles. The fraction of sp³-hybridized carbons (Fsp3) is 1.00. The average molecular weight is 282 g/mol. The van der Waals surface area contributed by atoms with E-state index in [2.05, 4.69) is 39.5 Å². The Hall–Kier alpha value is -0.120. The maximum atomic E-state index is 6.26. The number of ether oxygens (including phenoxy) is 1. The highest BCUT2D eigenvalue weighted by atomic mass is 16.5. The Morgan fingerprint density at radius 1 is 1.20 bits per heavy atom. The first kappa shape index (κ1) is 16.3. The van der Waals surface area contributed by atoms with Crippen LogP contribution in [0.15, 0.2) is 0 Å². The highest BCUT2D eigenvalue weighted by Crippen LogP contribution is 2.45. The quantitative estimate of drug-likeness (QED) is 0.846. The normalized spacial score (nSPS) is 36.0. The van der Waals surface area contributed by atoms with E-state index in [-0.39, 0.29) is 11.1 Å². The number of morpholine rings is 1. The molecule has 0 unspecified atom stereocenters. The molecule has 1 heterocycles. The van der Waals surface area contributed by atoms with Crippen molar-refractivity contribution in [1.29, 1.82) is 0 Å². The van der Waals surface area contributed by atoms with E-state index in [0.717, 1.165) is 32.2 Å². The Kier molecular flexibility index (Phi) is 4.54. The van der Waals surface area contributed by atoms with Crippen LogP contribution >= 0.6 is 0 Å². The number of hydrogen-bond donors (Lipinski definition) is 1. The summed E-state index contributed by atoms with van der Waals surface area (Å²) in [6.45, 7) is 15.3. The summed E-state index contributed by atoms with van der Waals surface area (Å²) in [5.74, 6) is 0.839. The molecule has 1 aliphatic heterocycles. The van der Waals surface area contributed by atoms with Gasteiger partial charge in [0.2, 0.25) is 0 Å². The van der Waals surface area contributed by atoms with Gasteiger partial charge in [0.05, 0.1) is 13.2 Å². The lowest BCUT2D eigenvalue weighted by Gasteiger charge is -2.56. The van der Waals surface area contributed by atoms with E-state index in [0.29, 0.717) is 5.41 Å². The molecule has 20 heavy (non-hydrogen) atoms. The van der Waals surface area contributed by atoms with Gasteiger partial charge < -0.3 is 10.5 Å². The molecule has 0 spiro atoms. The first-order valence-corrected chi connectivity index (χ1v) is 8.27. The minimum atomic E-state index is 0.117. The molecular weight excluding hydrogens is 248 g/mol. The van der Waals surface area contributed by atoms with Gasteiger partial charge >= 0.3 is 0 Å². The topological polar surface area (TPSA) is 38.5 Å². The van der Waals surface area contributed by atoms with Crippen LogP contribution in [0.3, 0.4) is 0 Å². The minimum Gasteiger partial charge on any atom is -0.378 e. The summed E-state index contributed by atoms with van der Waals surface area (Å²) in [4.78, 5) is 2.67. The SMILES string of the molecule is CC(C)(C)C1CCC(CN)(N2CCOCC2(C)C)CC1. The van der Waals surface area contributed by atoms with E-state index in [1.54, 1.807) is 0 Å². The number of nitrogens with two attached hydrogens (primary N) is 1. The summed E-state index contributed by atoms with van der Waals surface area (Å²) in [7, 11) is 0. The van der Waals surface area contributed by atoms with Crippen molar-refractivity contribution in [3.05, 3.63) is 0 Å². The summed E-state index contributed by atoms with van der Waals surface area (Å²) in [5.41, 5.74) is 7.01. The van der Waals surface area contributed by atoms with Crippen molar-refractivity contribution in [3.8, 4) is 0 Å². The molecule has 0 aromatic heterocycles. The molecule has 1 saturated carbocycles. The van der Waals surface area contributed by atoms with Crippen molar-refractivity contribution in [2.24, 2.45) is 17.1 Å². The van der Waals surface area contributed by atoms with Gasteiger partial charge in [0, 0.05) is 24.2 Å². The summed E-state index contributed by atoms with van der Waals surface area (Å²) < 4.78 is 5.69. The maximum absolute atomic E-state index is 6.26. The van der Waals surface area contributed by atoms with Crippen LogP contribution < -0.4 is 5.73 Å². The fourth-order valence-electron chi connectivity index (χ4n) is 4.34. The average Bonchev–Trinajstić information content (AvgIpc) is 2.37. The third-order valence-corrected chi connectivity index (χ3v) is 5.74. The summed E-state index contributed by atoms with van der Waals surface area (Å²) >= 11 is 0. The van der Waals surface area contributed by atoms with Crippen molar-refractivity contribution >= 4 is 0 Å². The van der Waals surface area contributed by atoms with E-state index in [9.17, 15) is 0 Å². The molecule has 2 rings (SSSR count). The molecule has 0 atom stereocenters. The first-order valence-electron chi connectivity index (χ1n) is 8.27. The van der Waals surface area contributed by atoms with E-state index < -0.39 is 0 Å². The Morgan fingerprint density at radius 2 is 1.80 bits per heavy atom. The van der Waals surface area contributed by atoms with Crippen LogP contribution in [-0.2, 0) is 4.74 Å². The first-order chi connectivity index (χ1) is 9.21. The van der Waals surface area contributed by atoms with Crippen LogP contribution in [0.25, 0.3) is 0 Å². The molecule has 3 nitrogen and oxygen atoms in total. The molecule has 0 aromatic carbocycles. The molecule has 2 N–H and O–H groups in total. The molecule has 0 radical (unpaired) electrons. The number of nitrogens with zero attached hydrogens (tertiary/aromatic N) is 1. The van der Waals surface area contributed by atoms with Crippen molar-refractivity contribution < 1.29 is 4.74 Å². The number of hydrogen-bond acceptors (Lipinski definition) is 3. The maximum Gasteiger partial charge on any atom is 0.0645 e. The third-order valence-electron chi connectivity index (χ3n) is 5.74. The Morgan fingerprint density at radius 3 is 2.25 bits per heavy atom. The second kappa shape index (κ2) is 5.58. The van der Waals surface area contributed by atoms with Crippen LogP contribution in [0, 0.1) is 11.3 Å². The molecule has 3 heteroatoms. The molecule has 118 valence electrons. The van der Waals surface area contributed by atoms with Gasteiger partial charge in [0.25, 0.3) is 0 Å². The van der Waals surface area contributed by atoms with E-state index in [1.807, 2.05) is 0 Å². The van der Waals surface area contributed by atoms with Crippen molar-refractivity contribution in [1.82, 2.24) is 4.90 Å². The van der Waals surface area contributed by atoms with Gasteiger partial charge in [-0.15, -0.1) is 0 Å². The Balaban J connectivity index is 2.12. The molecular formula is C17H34N2O. The van der Waals surface area contributed by atoms with Crippen molar-refractivity contribution in [2.45, 2.75) is 71.4 Å². The standard InChI is InChI=1S/C17H34N2O/c1-15(2,3)14-6-8-17(12-18,9-7-14)19-10-11-20-13-16(19,4)5/h14H,6-13,18H2,1-5H3. The predicted octanol–water partition coefficient (Wildman–Crippen LogP) is 3.03. The van der Waals surface area contributed by atoms with Gasteiger partial charge in [0.1, 0.15) is 0 Å². The monoisotopic (exact) mass is 282 g/mol. The van der Waals surface area contributed by atoms with Crippen LogP contribution in [0.5, 0.6) is 0 Å². The summed E-state index contributed by atoms with van der Waals surface area (Å²) in [5, 5.41) is 0. The van der Waals surface area contributed by atoms with Crippen LogP contribution in [0.1, 0.15) is 60.3 Å². The zero-order valence-corrected chi connectivity index (χ0v) is 14.2. The zero-order chi connectivity index (χ0) is 15.0. The highest BCUT2D eigenvalue weighted by molar-refractivity contribution is 5.03. The van der Waals surface area contributed by atoms with Gasteiger partial charge in [-0.05, 0) is 50.9 Å². The lowest BCUT2D eigenvalue weighted by atomic mass is 9.66. The molecule has 0 bridgehead atoms. The Bertz CT molecular complexity index is 324. The smallest absolute Gasteiger partial charge is 0.0645 e. The van der Waals surface area contributed by atoms with Crippen LogP contribution in [-0.4, -0.2) is 42.3 Å². The fourth-order valence-corrected chi connectivity index (χ4v) is 4.34. The van der Waals surface area contributed by atoms with Crippen molar-refractivity contribution in [3.63, 3.8) is 0 Å². The van der Waals surface area contributed by atoms with E-state index >= 15 is 0 Å². The van der Waals surface area contributed by atoms with Crippen LogP contribution in [0.4, 0.5) is 0 Å². The van der Waals surface area contributed by atoms with Gasteiger partial charge in [-0.3, -0.25) is 4.90 Å². The van der Waals surface area contributed by atoms with E-state index in [4.69, 9.17) is 10.5 Å². The predicted molar refractivity (Wildman–Crippen MR) is 84.8 cm³/mol. The summed E-state index contributed by atoms with van der Waals surface area (Å²) in [6.07, 6.45) is 5.12. The van der Waals surface area contributed by atoms with Gasteiger partial charge in [-0.2, -0.15) is 0 Å². The number of rotatable bonds is 2. The third kappa shape index (κ3) is 3.05. The van der Waals surface area contributed by atoms with Crippen molar-refractivity contribution in [2.75, 3.05) is 26.3 Å². The molecule has 0 aromatic rings. The second-order valence-corrected chi connectivity index (χ2v) is 8.59. The minimum absolute atomic E-state index is 0.117. The Labute approximate surface area is 125 Å². The molecule has 1 saturated heterocycles. The van der Waals surface area contributed by atoms with Gasteiger partial charge in [-0.25, -0.2) is 0 Å². The molecule has 2 aliphatic rings. The zero-order valence-electron chi connectivity index (χ0n) is 14.2. The van der Waals surface area contributed by atoms with Gasteiger partial charge in [-0.1, -0.05) is 20.8 Å². The van der Waals surface area contributed by atoms with Crippen LogP contribution in [0.2, 0.25) is 0 Å². The highest BCUT2D eigenvalue weighted by Gasteiger charge is 2.47. The lowest BCUT2D eigenvalue weighted by molar-refractivity contribution is -0.119. The van der Waals surface area contributed by atoms with Gasteiger partial charge in [0.15, 0.2) is 0 Å². The van der Waals surface area contributed by atoms with E-state index in [1.165, 1.54) is 25.7 Å². The lowest BCUT2D eigenvalue weighted by Crippen LogP contribution is -2.67.